The Hall–Kier alpha value is -3.48. The summed E-state index contributed by atoms with van der Waals surface area (Å²) < 4.78 is 27.3. The van der Waals surface area contributed by atoms with Gasteiger partial charge >= 0.3 is 5.97 Å². The molecule has 0 saturated heterocycles. The molecule has 156 valence electrons. The number of ketones is 1. The van der Waals surface area contributed by atoms with Gasteiger partial charge in [-0.2, -0.15) is 0 Å². The number of rotatable bonds is 6. The van der Waals surface area contributed by atoms with Crippen molar-refractivity contribution in [3.05, 3.63) is 46.7 Å². The van der Waals surface area contributed by atoms with Gasteiger partial charge in [-0.1, -0.05) is 0 Å². The van der Waals surface area contributed by atoms with Gasteiger partial charge in [0, 0.05) is 6.07 Å². The van der Waals surface area contributed by atoms with Crippen LogP contribution in [0.1, 0.15) is 34.3 Å². The van der Waals surface area contributed by atoms with Crippen molar-refractivity contribution in [3.63, 3.8) is 0 Å². The van der Waals surface area contributed by atoms with Gasteiger partial charge in [0.1, 0.15) is 11.5 Å². The maximum absolute atomic E-state index is 12.9. The van der Waals surface area contributed by atoms with Crippen molar-refractivity contribution in [2.24, 2.45) is 5.92 Å². The summed E-state index contributed by atoms with van der Waals surface area (Å²) >= 11 is 0. The molecule has 0 atom stereocenters. The van der Waals surface area contributed by atoms with Crippen molar-refractivity contribution in [2.45, 2.75) is 19.8 Å². The third kappa shape index (κ3) is 3.58. The van der Waals surface area contributed by atoms with Crippen LogP contribution in [0.3, 0.4) is 0 Å². The molecule has 4 rings (SSSR count). The normalized spacial score (nSPS) is 16.1. The number of carbonyl (C=O) groups is 2. The van der Waals surface area contributed by atoms with Crippen LogP contribution in [0.2, 0.25) is 0 Å². The number of aryl methyl sites for hydroxylation is 1. The second-order valence-corrected chi connectivity index (χ2v) is 7.21. The number of methoxy groups -OCH3 is 3. The highest BCUT2D eigenvalue weighted by molar-refractivity contribution is 6.15. The van der Waals surface area contributed by atoms with E-state index < -0.39 is 0 Å². The van der Waals surface area contributed by atoms with Crippen molar-refractivity contribution in [2.75, 3.05) is 21.3 Å². The van der Waals surface area contributed by atoms with Gasteiger partial charge in [-0.25, -0.2) is 0 Å². The first kappa shape index (κ1) is 19.8. The van der Waals surface area contributed by atoms with E-state index in [2.05, 4.69) is 0 Å². The summed E-state index contributed by atoms with van der Waals surface area (Å²) in [5, 5.41) is 0. The van der Waals surface area contributed by atoms with Gasteiger partial charge in [-0.15, -0.1) is 0 Å². The average molecular weight is 410 g/mol. The highest BCUT2D eigenvalue weighted by Gasteiger charge is 2.33. The van der Waals surface area contributed by atoms with Gasteiger partial charge in [0.25, 0.3) is 0 Å². The Balaban J connectivity index is 1.66. The molecule has 0 amide bonds. The first-order valence-electron chi connectivity index (χ1n) is 9.55. The minimum Gasteiger partial charge on any atom is -0.493 e. The van der Waals surface area contributed by atoms with E-state index >= 15 is 0 Å². The molecule has 7 heteroatoms. The van der Waals surface area contributed by atoms with Gasteiger partial charge in [0.2, 0.25) is 11.5 Å². The number of Topliss-reactive ketones (excluding diaryl/α,β-unsaturated/α-hetero) is 1. The molecule has 0 bridgehead atoms. The van der Waals surface area contributed by atoms with Crippen LogP contribution in [-0.2, 0) is 4.79 Å². The number of hydrogen-bond acceptors (Lipinski definition) is 7. The molecule has 7 nitrogen and oxygen atoms in total. The molecular weight excluding hydrogens is 388 g/mol. The third-order valence-electron chi connectivity index (χ3n) is 5.06. The average Bonchev–Trinajstić information content (AvgIpc) is 3.53. The van der Waals surface area contributed by atoms with Gasteiger partial charge in [0.05, 0.1) is 32.8 Å². The van der Waals surface area contributed by atoms with Gasteiger partial charge in [-0.3, -0.25) is 9.59 Å². The summed E-state index contributed by atoms with van der Waals surface area (Å²) in [7, 11) is 4.57. The van der Waals surface area contributed by atoms with E-state index in [-0.39, 0.29) is 23.4 Å². The Kier molecular flexibility index (Phi) is 5.11. The molecule has 1 fully saturated rings. The third-order valence-corrected chi connectivity index (χ3v) is 5.06. The number of fused-ring (bicyclic) bond motifs is 1. The van der Waals surface area contributed by atoms with Crippen molar-refractivity contribution in [3.8, 4) is 28.7 Å². The van der Waals surface area contributed by atoms with Gasteiger partial charge < -0.3 is 23.7 Å². The minimum absolute atomic E-state index is 0.0170. The Bertz CT molecular complexity index is 1040. The number of benzene rings is 2. The lowest BCUT2D eigenvalue weighted by molar-refractivity contribution is -0.135. The number of esters is 1. The molecule has 2 aromatic carbocycles. The molecule has 2 aromatic rings. The lowest BCUT2D eigenvalue weighted by atomic mass is 10.0. The monoisotopic (exact) mass is 410 g/mol. The lowest BCUT2D eigenvalue weighted by Crippen LogP contribution is -2.10. The Morgan fingerprint density at radius 1 is 1.03 bits per heavy atom. The Labute approximate surface area is 174 Å². The van der Waals surface area contributed by atoms with Crippen LogP contribution in [0, 0.1) is 12.8 Å². The molecule has 0 aromatic heterocycles. The van der Waals surface area contributed by atoms with Gasteiger partial charge in [0.15, 0.2) is 17.3 Å². The zero-order valence-electron chi connectivity index (χ0n) is 17.2. The molecule has 0 unspecified atom stereocenters. The highest BCUT2D eigenvalue weighted by Crippen LogP contribution is 2.41. The van der Waals surface area contributed by atoms with Crippen molar-refractivity contribution in [1.29, 1.82) is 0 Å². The Morgan fingerprint density at radius 3 is 2.27 bits per heavy atom. The van der Waals surface area contributed by atoms with Crippen LogP contribution in [0.15, 0.2) is 30.0 Å². The van der Waals surface area contributed by atoms with E-state index in [0.717, 1.165) is 12.8 Å². The molecule has 1 aliphatic carbocycles. The van der Waals surface area contributed by atoms with E-state index in [1.54, 1.807) is 37.3 Å². The predicted molar refractivity (Wildman–Crippen MR) is 109 cm³/mol. The molecule has 1 heterocycles. The molecular formula is C23H22O7. The van der Waals surface area contributed by atoms with Crippen LogP contribution < -0.4 is 23.7 Å². The maximum atomic E-state index is 12.9. The van der Waals surface area contributed by atoms with E-state index in [9.17, 15) is 9.59 Å². The number of carbonyl (C=O) groups excluding carboxylic acids is 2. The summed E-state index contributed by atoms with van der Waals surface area (Å²) in [6, 6.07) is 6.71. The largest absolute Gasteiger partial charge is 0.493 e. The second kappa shape index (κ2) is 7.74. The predicted octanol–water partition coefficient (Wildman–Crippen LogP) is 3.95. The zero-order chi connectivity index (χ0) is 21.4. The fourth-order valence-corrected chi connectivity index (χ4v) is 3.39. The number of hydrogen-bond donors (Lipinski definition) is 0. The Morgan fingerprint density at radius 2 is 1.70 bits per heavy atom. The maximum Gasteiger partial charge on any atom is 0.314 e. The topological polar surface area (TPSA) is 80.3 Å². The molecule has 0 radical (unpaired) electrons. The molecule has 1 aliphatic heterocycles. The van der Waals surface area contributed by atoms with Crippen molar-refractivity contribution in [1.82, 2.24) is 0 Å². The molecule has 30 heavy (non-hydrogen) atoms. The minimum atomic E-state index is -0.244. The highest BCUT2D eigenvalue weighted by atomic mass is 16.5. The summed E-state index contributed by atoms with van der Waals surface area (Å²) in [5.41, 5.74) is 1.79. The van der Waals surface area contributed by atoms with E-state index in [0.29, 0.717) is 45.4 Å². The van der Waals surface area contributed by atoms with Crippen molar-refractivity contribution < 1.29 is 33.3 Å². The van der Waals surface area contributed by atoms with Crippen LogP contribution >= 0.6 is 0 Å². The first-order chi connectivity index (χ1) is 14.4. The van der Waals surface area contributed by atoms with Crippen LogP contribution in [0.25, 0.3) is 6.08 Å². The van der Waals surface area contributed by atoms with Gasteiger partial charge in [-0.05, 0) is 55.2 Å². The molecule has 0 spiro atoms. The van der Waals surface area contributed by atoms with E-state index in [1.165, 1.54) is 21.3 Å². The number of allylic oxidation sites excluding steroid dienone is 1. The zero-order valence-corrected chi connectivity index (χ0v) is 17.2. The summed E-state index contributed by atoms with van der Waals surface area (Å²) in [6.45, 7) is 1.79. The molecule has 0 N–H and O–H groups in total. The fourth-order valence-electron chi connectivity index (χ4n) is 3.39. The van der Waals surface area contributed by atoms with Crippen LogP contribution in [0.4, 0.5) is 0 Å². The van der Waals surface area contributed by atoms with Crippen LogP contribution in [-0.4, -0.2) is 33.1 Å². The second-order valence-electron chi connectivity index (χ2n) is 7.21. The lowest BCUT2D eigenvalue weighted by Gasteiger charge is -2.13. The first-order valence-corrected chi connectivity index (χ1v) is 9.55. The SMILES string of the molecule is COc1cc(C=C2Oc3cc(OC(=O)C4CC4)cc(C)c3C2=O)cc(OC)c1OC. The molecule has 2 aliphatic rings. The summed E-state index contributed by atoms with van der Waals surface area (Å²) in [6.07, 6.45) is 3.33. The summed E-state index contributed by atoms with van der Waals surface area (Å²) in [4.78, 5) is 24.9. The quantitative estimate of drug-likeness (QED) is 0.405. The van der Waals surface area contributed by atoms with E-state index in [1.807, 2.05) is 0 Å². The van der Waals surface area contributed by atoms with E-state index in [4.69, 9.17) is 23.7 Å². The summed E-state index contributed by atoms with van der Waals surface area (Å²) in [5.74, 6) is 1.81. The molecule has 1 saturated carbocycles. The van der Waals surface area contributed by atoms with Crippen LogP contribution in [0.5, 0.6) is 28.7 Å². The number of ether oxygens (including phenoxy) is 5. The van der Waals surface area contributed by atoms with Crippen molar-refractivity contribution >= 4 is 17.8 Å². The standard InChI is InChI=1S/C23H22O7/c1-12-7-15(29-23(25)14-5-6-14)11-16-20(12)21(24)17(30-16)8-13-9-18(26-2)22(28-4)19(10-13)27-3/h7-11,14H,5-6H2,1-4H3. The smallest absolute Gasteiger partial charge is 0.314 e. The fraction of sp³-hybridized carbons (Fsp3) is 0.304.